The zero-order valence-corrected chi connectivity index (χ0v) is 5.09. The van der Waals surface area contributed by atoms with Gasteiger partial charge >= 0.3 is 0 Å². The molecule has 0 bridgehead atoms. The minimum Gasteiger partial charge on any atom is -0.120 e. The molecule has 42 valence electrons. The van der Waals surface area contributed by atoms with Crippen LogP contribution < -0.4 is 0 Å². The Morgan fingerprint density at radius 1 is 1.50 bits per heavy atom. The third kappa shape index (κ3) is 5.04. The van der Waals surface area contributed by atoms with Crippen molar-refractivity contribution in [1.82, 2.24) is 0 Å². The highest BCUT2D eigenvalue weighted by molar-refractivity contribution is 5.05. The maximum absolute atomic E-state index is 4.99. The summed E-state index contributed by atoms with van der Waals surface area (Å²) < 4.78 is 0. The molecule has 0 aromatic rings. The second kappa shape index (κ2) is 6.04. The molecular weight excluding hydrogens is 96.1 g/mol. The summed E-state index contributed by atoms with van der Waals surface area (Å²) in [4.78, 5) is 0. The van der Waals surface area contributed by atoms with Crippen molar-refractivity contribution in [2.75, 3.05) is 0 Å². The van der Waals surface area contributed by atoms with Gasteiger partial charge in [-0.25, -0.2) is 0 Å². The number of hydrogen-bond acceptors (Lipinski definition) is 0. The van der Waals surface area contributed by atoms with E-state index in [9.17, 15) is 0 Å². The van der Waals surface area contributed by atoms with E-state index in [2.05, 4.69) is 5.92 Å². The monoisotopic (exact) mass is 106 g/mol. The summed E-state index contributed by atoms with van der Waals surface area (Å²) in [5.74, 6) is 2.51. The van der Waals surface area contributed by atoms with Crippen molar-refractivity contribution in [3.05, 3.63) is 24.3 Å². The Labute approximate surface area is 50.9 Å². The first-order valence-corrected chi connectivity index (χ1v) is 2.63. The van der Waals surface area contributed by atoms with Crippen molar-refractivity contribution in [3.8, 4) is 12.3 Å². The molecule has 0 N–H and O–H groups in total. The Morgan fingerprint density at radius 3 is 2.75 bits per heavy atom. The molecule has 0 heterocycles. The lowest BCUT2D eigenvalue weighted by Crippen LogP contribution is -1.53. The van der Waals surface area contributed by atoms with Crippen LogP contribution in [0.5, 0.6) is 0 Å². The third-order valence-electron chi connectivity index (χ3n) is 0.675. The highest BCUT2D eigenvalue weighted by Gasteiger charge is 1.61. The maximum Gasteiger partial charge on any atom is 0.0270 e. The van der Waals surface area contributed by atoms with Crippen LogP contribution in [-0.4, -0.2) is 0 Å². The van der Waals surface area contributed by atoms with Gasteiger partial charge in [0.15, 0.2) is 0 Å². The highest BCUT2D eigenvalue weighted by Crippen LogP contribution is 1.79. The first-order chi connectivity index (χ1) is 3.91. The Kier molecular flexibility index (Phi) is 5.32. The molecule has 0 unspecified atom stereocenters. The summed E-state index contributed by atoms with van der Waals surface area (Å²) in [6.45, 7) is 1.97. The van der Waals surface area contributed by atoms with Gasteiger partial charge in [-0.3, -0.25) is 0 Å². The molecule has 0 heteroatoms. The molecule has 0 amide bonds. The van der Waals surface area contributed by atoms with Crippen molar-refractivity contribution in [2.45, 2.75) is 13.3 Å². The Hall–Kier alpha value is -0.960. The fraction of sp³-hybridized carbons (Fsp3) is 0.250. The SMILES string of the molecule is C#CC/C=C\C=C/C. The van der Waals surface area contributed by atoms with Crippen LogP contribution in [-0.2, 0) is 0 Å². The van der Waals surface area contributed by atoms with Crippen LogP contribution in [0, 0.1) is 12.3 Å². The summed E-state index contributed by atoms with van der Waals surface area (Å²) in [6, 6.07) is 0. The Bertz CT molecular complexity index is 121. The molecule has 0 radical (unpaired) electrons. The predicted octanol–water partition coefficient (Wildman–Crippen LogP) is 2.14. The number of hydrogen-bond donors (Lipinski definition) is 0. The Morgan fingerprint density at radius 2 is 2.25 bits per heavy atom. The topological polar surface area (TPSA) is 0 Å². The van der Waals surface area contributed by atoms with E-state index in [1.807, 2.05) is 31.2 Å². The lowest BCUT2D eigenvalue weighted by atomic mass is 10.4. The molecule has 0 spiro atoms. The molecule has 0 aliphatic heterocycles. The van der Waals surface area contributed by atoms with Gasteiger partial charge in [0.2, 0.25) is 0 Å². The quantitative estimate of drug-likeness (QED) is 0.373. The van der Waals surface area contributed by atoms with Crippen LogP contribution >= 0.6 is 0 Å². The number of allylic oxidation sites excluding steroid dienone is 4. The summed E-state index contributed by atoms with van der Waals surface area (Å²) >= 11 is 0. The Balaban J connectivity index is 3.24. The normalized spacial score (nSPS) is 10.5. The van der Waals surface area contributed by atoms with Crippen molar-refractivity contribution in [1.29, 1.82) is 0 Å². The molecule has 0 saturated carbocycles. The van der Waals surface area contributed by atoms with Crippen LogP contribution in [0.25, 0.3) is 0 Å². The van der Waals surface area contributed by atoms with E-state index >= 15 is 0 Å². The minimum absolute atomic E-state index is 0.727. The lowest BCUT2D eigenvalue weighted by molar-refractivity contribution is 1.47. The molecule has 0 nitrogen and oxygen atoms in total. The number of terminal acetylenes is 1. The van der Waals surface area contributed by atoms with Gasteiger partial charge in [-0.1, -0.05) is 24.3 Å². The summed E-state index contributed by atoms with van der Waals surface area (Å²) in [5, 5.41) is 0. The van der Waals surface area contributed by atoms with Gasteiger partial charge in [-0.15, -0.1) is 12.3 Å². The van der Waals surface area contributed by atoms with Gasteiger partial charge in [0.05, 0.1) is 0 Å². The zero-order chi connectivity index (χ0) is 6.24. The molecule has 0 aliphatic rings. The predicted molar refractivity (Wildman–Crippen MR) is 37.4 cm³/mol. The van der Waals surface area contributed by atoms with Gasteiger partial charge in [0, 0.05) is 6.42 Å². The van der Waals surface area contributed by atoms with Crippen molar-refractivity contribution in [2.24, 2.45) is 0 Å². The van der Waals surface area contributed by atoms with Crippen molar-refractivity contribution < 1.29 is 0 Å². The van der Waals surface area contributed by atoms with E-state index in [0.717, 1.165) is 6.42 Å². The highest BCUT2D eigenvalue weighted by atomic mass is 13.7. The first kappa shape index (κ1) is 7.04. The molecule has 0 aromatic heterocycles. The van der Waals surface area contributed by atoms with E-state index in [-0.39, 0.29) is 0 Å². The smallest absolute Gasteiger partial charge is 0.0270 e. The van der Waals surface area contributed by atoms with E-state index in [4.69, 9.17) is 6.42 Å². The molecule has 8 heavy (non-hydrogen) atoms. The van der Waals surface area contributed by atoms with E-state index in [1.54, 1.807) is 0 Å². The molecule has 0 atom stereocenters. The summed E-state index contributed by atoms with van der Waals surface area (Å²) in [5.41, 5.74) is 0. The number of rotatable bonds is 2. The molecule has 0 rings (SSSR count). The second-order valence-electron chi connectivity index (χ2n) is 1.36. The second-order valence-corrected chi connectivity index (χ2v) is 1.36. The molecule has 0 aromatic carbocycles. The maximum atomic E-state index is 4.99. The van der Waals surface area contributed by atoms with Gasteiger partial charge < -0.3 is 0 Å². The van der Waals surface area contributed by atoms with Gasteiger partial charge in [-0.05, 0) is 6.92 Å². The lowest BCUT2D eigenvalue weighted by Gasteiger charge is -1.71. The minimum atomic E-state index is 0.727. The van der Waals surface area contributed by atoms with Gasteiger partial charge in [0.25, 0.3) is 0 Å². The van der Waals surface area contributed by atoms with Crippen LogP contribution in [0.4, 0.5) is 0 Å². The van der Waals surface area contributed by atoms with Gasteiger partial charge in [-0.2, -0.15) is 0 Å². The summed E-state index contributed by atoms with van der Waals surface area (Å²) in [7, 11) is 0. The van der Waals surface area contributed by atoms with E-state index in [1.165, 1.54) is 0 Å². The average molecular weight is 106 g/mol. The molecule has 0 saturated heterocycles. The standard InChI is InChI=1S/C8H10/c1-3-5-7-8-6-4-2/h1,4,6-8H,5H2,2H3/b6-4-,8-7-. The zero-order valence-electron chi connectivity index (χ0n) is 5.09. The largest absolute Gasteiger partial charge is 0.120 e. The van der Waals surface area contributed by atoms with Crippen LogP contribution in [0.1, 0.15) is 13.3 Å². The van der Waals surface area contributed by atoms with Crippen molar-refractivity contribution >= 4 is 0 Å². The van der Waals surface area contributed by atoms with Crippen LogP contribution in [0.2, 0.25) is 0 Å². The fourth-order valence-corrected chi connectivity index (χ4v) is 0.326. The average Bonchev–Trinajstić information content (AvgIpc) is 1.81. The summed E-state index contributed by atoms with van der Waals surface area (Å²) in [6.07, 6.45) is 13.5. The van der Waals surface area contributed by atoms with Crippen molar-refractivity contribution in [3.63, 3.8) is 0 Å². The fourth-order valence-electron chi connectivity index (χ4n) is 0.326. The third-order valence-corrected chi connectivity index (χ3v) is 0.675. The van der Waals surface area contributed by atoms with E-state index < -0.39 is 0 Å². The van der Waals surface area contributed by atoms with E-state index in [0.29, 0.717) is 0 Å². The van der Waals surface area contributed by atoms with Gasteiger partial charge in [0.1, 0.15) is 0 Å². The molecule has 0 fully saturated rings. The molecule has 0 aliphatic carbocycles. The van der Waals surface area contributed by atoms with Crippen LogP contribution in [0.15, 0.2) is 24.3 Å². The van der Waals surface area contributed by atoms with Crippen LogP contribution in [0.3, 0.4) is 0 Å². The first-order valence-electron chi connectivity index (χ1n) is 2.63. The molecular formula is C8H10.